The fraction of sp³-hybridized carbons (Fsp3) is 0.333. The van der Waals surface area contributed by atoms with Crippen molar-refractivity contribution < 1.29 is 5.11 Å². The molecule has 2 heteroatoms. The zero-order chi connectivity index (χ0) is 6.15. The summed E-state index contributed by atoms with van der Waals surface area (Å²) in [5.41, 5.74) is 0.859. The molecular formula is C6H9NO. The molecule has 0 aliphatic carbocycles. The van der Waals surface area contributed by atoms with Gasteiger partial charge in [0, 0.05) is 12.7 Å². The zero-order valence-corrected chi connectivity index (χ0v) is 4.83. The van der Waals surface area contributed by atoms with Crippen molar-refractivity contribution in [3.63, 3.8) is 0 Å². The van der Waals surface area contributed by atoms with E-state index in [1.807, 2.05) is 0 Å². The van der Waals surface area contributed by atoms with E-state index < -0.39 is 6.23 Å². The Hall–Kier alpha value is -0.760. The number of aliphatic hydroxyl groups excluding tert-OH is 1. The fourth-order valence-electron chi connectivity index (χ4n) is 0.614. The van der Waals surface area contributed by atoms with Crippen molar-refractivity contribution in [2.75, 3.05) is 7.05 Å². The topological polar surface area (TPSA) is 23.5 Å². The molecule has 0 aromatic carbocycles. The van der Waals surface area contributed by atoms with E-state index in [-0.39, 0.29) is 0 Å². The van der Waals surface area contributed by atoms with Crippen LogP contribution in [-0.4, -0.2) is 23.3 Å². The molecule has 0 bridgehead atoms. The van der Waals surface area contributed by atoms with Crippen LogP contribution in [0, 0.1) is 0 Å². The predicted molar refractivity (Wildman–Crippen MR) is 32.0 cm³/mol. The minimum absolute atomic E-state index is 0.456. The molecule has 0 spiro atoms. The van der Waals surface area contributed by atoms with E-state index >= 15 is 0 Å². The van der Waals surface area contributed by atoms with E-state index in [1.165, 1.54) is 0 Å². The van der Waals surface area contributed by atoms with Gasteiger partial charge in [-0.05, 0) is 12.2 Å². The lowest BCUT2D eigenvalue weighted by Crippen LogP contribution is -2.22. The molecule has 0 radical (unpaired) electrons. The minimum atomic E-state index is -0.456. The van der Waals surface area contributed by atoms with Gasteiger partial charge in [-0.15, -0.1) is 0 Å². The lowest BCUT2D eigenvalue weighted by Gasteiger charge is -2.16. The van der Waals surface area contributed by atoms with E-state index in [2.05, 4.69) is 6.58 Å². The van der Waals surface area contributed by atoms with E-state index in [0.29, 0.717) is 0 Å². The Morgan fingerprint density at radius 2 is 2.50 bits per heavy atom. The van der Waals surface area contributed by atoms with Crippen molar-refractivity contribution in [3.8, 4) is 0 Å². The van der Waals surface area contributed by atoms with Crippen LogP contribution in [0.5, 0.6) is 0 Å². The van der Waals surface area contributed by atoms with Crippen LogP contribution >= 0.6 is 0 Å². The number of hydrogen-bond donors (Lipinski definition) is 1. The number of likely N-dealkylation sites (N-methyl/N-ethyl adjacent to an activating group) is 1. The first kappa shape index (κ1) is 5.38. The summed E-state index contributed by atoms with van der Waals surface area (Å²) >= 11 is 0. The second kappa shape index (κ2) is 1.63. The van der Waals surface area contributed by atoms with E-state index in [4.69, 9.17) is 5.11 Å². The Morgan fingerprint density at radius 3 is 2.62 bits per heavy atom. The quantitative estimate of drug-likeness (QED) is 0.486. The highest BCUT2D eigenvalue weighted by Gasteiger charge is 2.12. The van der Waals surface area contributed by atoms with Gasteiger partial charge in [0.1, 0.15) is 6.23 Å². The molecule has 0 saturated carbocycles. The molecule has 1 N–H and O–H groups in total. The summed E-state index contributed by atoms with van der Waals surface area (Å²) in [7, 11) is 1.80. The Bertz CT molecular complexity index is 139. The maximum Gasteiger partial charge on any atom is 0.146 e. The Kier molecular flexibility index (Phi) is 1.10. The summed E-state index contributed by atoms with van der Waals surface area (Å²) < 4.78 is 0. The van der Waals surface area contributed by atoms with Crippen LogP contribution in [0.25, 0.3) is 0 Å². The molecule has 0 fully saturated rings. The standard InChI is InChI=1S/C6H9NO/c1-5-3-4-6(8)7(5)2/h3-4,6,8H,1H2,2H3. The van der Waals surface area contributed by atoms with Crippen molar-refractivity contribution in [2.24, 2.45) is 0 Å². The lowest BCUT2D eigenvalue weighted by atomic mass is 10.5. The van der Waals surface area contributed by atoms with Crippen LogP contribution in [0.2, 0.25) is 0 Å². The van der Waals surface area contributed by atoms with Crippen LogP contribution in [0.15, 0.2) is 24.4 Å². The monoisotopic (exact) mass is 111 g/mol. The molecule has 1 heterocycles. The average Bonchev–Trinajstić information content (AvgIpc) is 1.98. The van der Waals surface area contributed by atoms with Gasteiger partial charge in [-0.1, -0.05) is 6.58 Å². The molecule has 0 aromatic heterocycles. The largest absolute Gasteiger partial charge is 0.370 e. The van der Waals surface area contributed by atoms with Gasteiger partial charge in [-0.25, -0.2) is 0 Å². The van der Waals surface area contributed by atoms with Crippen molar-refractivity contribution in [1.82, 2.24) is 4.90 Å². The highest BCUT2D eigenvalue weighted by molar-refractivity contribution is 5.21. The smallest absolute Gasteiger partial charge is 0.146 e. The fourth-order valence-corrected chi connectivity index (χ4v) is 0.614. The highest BCUT2D eigenvalue weighted by atomic mass is 16.3. The van der Waals surface area contributed by atoms with Crippen molar-refractivity contribution >= 4 is 0 Å². The van der Waals surface area contributed by atoms with Gasteiger partial charge in [0.05, 0.1) is 0 Å². The van der Waals surface area contributed by atoms with Gasteiger partial charge < -0.3 is 10.0 Å². The average molecular weight is 111 g/mol. The first-order valence-electron chi connectivity index (χ1n) is 2.50. The molecule has 1 aliphatic rings. The maximum atomic E-state index is 8.95. The Morgan fingerprint density at radius 1 is 1.88 bits per heavy atom. The number of aliphatic hydroxyl groups is 1. The predicted octanol–water partition coefficient (Wildman–Crippen LogP) is 0.320. The second-order valence-electron chi connectivity index (χ2n) is 1.87. The SMILES string of the molecule is C=C1C=CC(O)N1C. The Balaban J connectivity index is 2.69. The lowest BCUT2D eigenvalue weighted by molar-refractivity contribution is 0.103. The molecule has 0 aromatic rings. The van der Waals surface area contributed by atoms with Crippen molar-refractivity contribution in [1.29, 1.82) is 0 Å². The molecule has 1 unspecified atom stereocenters. The molecule has 0 amide bonds. The summed E-state index contributed by atoms with van der Waals surface area (Å²) in [5.74, 6) is 0. The minimum Gasteiger partial charge on any atom is -0.370 e. The first-order valence-corrected chi connectivity index (χ1v) is 2.50. The zero-order valence-electron chi connectivity index (χ0n) is 4.83. The van der Waals surface area contributed by atoms with E-state index in [0.717, 1.165) is 5.70 Å². The molecule has 1 atom stereocenters. The van der Waals surface area contributed by atoms with Gasteiger partial charge in [-0.3, -0.25) is 0 Å². The van der Waals surface area contributed by atoms with Crippen LogP contribution in [-0.2, 0) is 0 Å². The van der Waals surface area contributed by atoms with Crippen LogP contribution < -0.4 is 0 Å². The summed E-state index contributed by atoms with van der Waals surface area (Å²) in [6, 6.07) is 0. The normalized spacial score (nSPS) is 27.5. The van der Waals surface area contributed by atoms with Gasteiger partial charge >= 0.3 is 0 Å². The van der Waals surface area contributed by atoms with Gasteiger partial charge in [0.15, 0.2) is 0 Å². The third-order valence-corrected chi connectivity index (χ3v) is 1.31. The molecule has 1 rings (SSSR count). The van der Waals surface area contributed by atoms with Gasteiger partial charge in [0.25, 0.3) is 0 Å². The summed E-state index contributed by atoms with van der Waals surface area (Å²) in [6.07, 6.45) is 3.04. The Labute approximate surface area is 48.7 Å². The van der Waals surface area contributed by atoms with Gasteiger partial charge in [-0.2, -0.15) is 0 Å². The van der Waals surface area contributed by atoms with Crippen LogP contribution in [0.1, 0.15) is 0 Å². The number of hydrogen-bond acceptors (Lipinski definition) is 2. The van der Waals surface area contributed by atoms with E-state index in [1.54, 1.807) is 24.1 Å². The first-order chi connectivity index (χ1) is 3.72. The molecule has 0 saturated heterocycles. The molecule has 1 aliphatic heterocycles. The van der Waals surface area contributed by atoms with Crippen molar-refractivity contribution in [3.05, 3.63) is 24.4 Å². The number of allylic oxidation sites excluding steroid dienone is 1. The number of rotatable bonds is 0. The molecule has 2 nitrogen and oxygen atoms in total. The molecule has 8 heavy (non-hydrogen) atoms. The van der Waals surface area contributed by atoms with E-state index in [9.17, 15) is 0 Å². The summed E-state index contributed by atoms with van der Waals surface area (Å²) in [5, 5.41) is 8.95. The third kappa shape index (κ3) is 0.629. The van der Waals surface area contributed by atoms with Gasteiger partial charge in [0.2, 0.25) is 0 Å². The number of nitrogens with zero attached hydrogens (tertiary/aromatic N) is 1. The third-order valence-electron chi connectivity index (χ3n) is 1.31. The van der Waals surface area contributed by atoms with Crippen LogP contribution in [0.4, 0.5) is 0 Å². The molecular weight excluding hydrogens is 102 g/mol. The summed E-state index contributed by atoms with van der Waals surface area (Å²) in [4.78, 5) is 1.69. The maximum absolute atomic E-state index is 8.95. The van der Waals surface area contributed by atoms with Crippen LogP contribution in [0.3, 0.4) is 0 Å². The highest BCUT2D eigenvalue weighted by Crippen LogP contribution is 2.12. The van der Waals surface area contributed by atoms with Crippen molar-refractivity contribution in [2.45, 2.75) is 6.23 Å². The molecule has 44 valence electrons. The second-order valence-corrected chi connectivity index (χ2v) is 1.87. The summed E-state index contributed by atoms with van der Waals surface area (Å²) in [6.45, 7) is 3.66.